The minimum Gasteiger partial charge on any atom is -0.139 e. The number of hydrogen-bond acceptors (Lipinski definition) is 0. The van der Waals surface area contributed by atoms with Gasteiger partial charge in [-0.05, 0) is 11.1 Å². The Morgan fingerprint density at radius 1 is 0.615 bits per heavy atom. The van der Waals surface area contributed by atoms with Gasteiger partial charge in [-0.25, -0.2) is 0 Å². The van der Waals surface area contributed by atoms with Crippen molar-refractivity contribution in [1.82, 2.24) is 0 Å². The molecule has 0 spiro atoms. The molecule has 0 atom stereocenters. The molecule has 0 amide bonds. The molecule has 2 rings (SSSR count). The van der Waals surface area contributed by atoms with Crippen molar-refractivity contribution in [2.75, 3.05) is 0 Å². The third-order valence-electron chi connectivity index (χ3n) is 2.02. The molecule has 0 aliphatic heterocycles. The van der Waals surface area contributed by atoms with Gasteiger partial charge in [0, 0.05) is 0 Å². The molecule has 0 fully saturated rings. The molecule has 0 unspecified atom stereocenters. The zero-order valence-corrected chi connectivity index (χ0v) is 8.43. The Bertz CT molecular complexity index is 376. The van der Waals surface area contributed by atoms with E-state index in [-0.39, 0.29) is 0 Å². The Balaban J connectivity index is 2.42. The standard InChI is InChI=1S/C12H9.Al/c1-3-7-11(8-4-1)12-9-5-2-6-10-12;/h1,3-10H;. The summed E-state index contributed by atoms with van der Waals surface area (Å²) in [6.45, 7) is 0. The smallest absolute Gasteiger partial charge is 0.139 e. The zero-order valence-electron chi connectivity index (χ0n) is 7.27. The van der Waals surface area contributed by atoms with Gasteiger partial charge in [-0.15, -0.1) is 4.43 Å². The first-order chi connectivity index (χ1) is 6.36. The van der Waals surface area contributed by atoms with Gasteiger partial charge in [0.2, 0.25) is 0 Å². The average molecular weight is 180 g/mol. The number of benzene rings is 2. The maximum atomic E-state index is 2.69. The maximum absolute atomic E-state index is 2.69. The maximum Gasteiger partial charge on any atom is 0.175 e. The van der Waals surface area contributed by atoms with E-state index in [0.29, 0.717) is 0 Å². The predicted octanol–water partition coefficient (Wildman–Crippen LogP) is 2.15. The second-order valence-corrected chi connectivity index (χ2v) is 3.65. The van der Waals surface area contributed by atoms with Crippen molar-refractivity contribution in [3.05, 3.63) is 54.6 Å². The average Bonchev–Trinajstić information content (AvgIpc) is 2.20. The molecule has 0 aliphatic carbocycles. The van der Waals surface area contributed by atoms with E-state index in [1.165, 1.54) is 15.6 Å². The summed E-state index contributed by atoms with van der Waals surface area (Å²) in [5.74, 6) is 0. The van der Waals surface area contributed by atoms with Crippen molar-refractivity contribution in [1.29, 1.82) is 0 Å². The van der Waals surface area contributed by atoms with Crippen molar-refractivity contribution in [3.8, 4) is 11.1 Å². The third-order valence-corrected chi connectivity index (χ3v) is 2.40. The Morgan fingerprint density at radius 3 is 1.77 bits per heavy atom. The fraction of sp³-hybridized carbons (Fsp3) is 0. The summed E-state index contributed by atoms with van der Waals surface area (Å²) >= 11 is 2.69. The molecule has 2 aromatic carbocycles. The fourth-order valence-corrected chi connectivity index (χ4v) is 1.50. The highest BCUT2D eigenvalue weighted by Gasteiger charge is 1.93. The summed E-state index contributed by atoms with van der Waals surface area (Å²) in [6, 6.07) is 18.9. The Labute approximate surface area is 86.7 Å². The van der Waals surface area contributed by atoms with Crippen molar-refractivity contribution in [3.63, 3.8) is 0 Å². The van der Waals surface area contributed by atoms with Gasteiger partial charge in [0.05, 0.1) is 0 Å². The van der Waals surface area contributed by atoms with Crippen LogP contribution in [0.2, 0.25) is 0 Å². The van der Waals surface area contributed by atoms with E-state index >= 15 is 0 Å². The van der Waals surface area contributed by atoms with Crippen LogP contribution in [0.4, 0.5) is 0 Å². The van der Waals surface area contributed by atoms with Crippen LogP contribution < -0.4 is 4.43 Å². The number of hydrogen-bond donors (Lipinski definition) is 0. The summed E-state index contributed by atoms with van der Waals surface area (Å²) < 4.78 is 1.22. The minimum atomic E-state index is 1.22. The lowest BCUT2D eigenvalue weighted by Gasteiger charge is -2.01. The SMILES string of the molecule is [Al][c]1ccc(-c2ccccc2)cc1. The fourth-order valence-electron chi connectivity index (χ4n) is 1.31. The molecule has 0 N–H and O–H groups in total. The van der Waals surface area contributed by atoms with Gasteiger partial charge in [0.15, 0.2) is 16.3 Å². The zero-order chi connectivity index (χ0) is 9.10. The molecular formula is C12H9Al. The molecule has 0 heterocycles. The second kappa shape index (κ2) is 3.79. The van der Waals surface area contributed by atoms with Crippen LogP contribution in [0.15, 0.2) is 54.6 Å². The first kappa shape index (κ1) is 8.57. The van der Waals surface area contributed by atoms with E-state index in [4.69, 9.17) is 0 Å². The Morgan fingerprint density at radius 2 is 1.15 bits per heavy atom. The minimum absolute atomic E-state index is 1.22. The van der Waals surface area contributed by atoms with Gasteiger partial charge in [-0.3, -0.25) is 0 Å². The topological polar surface area (TPSA) is 0 Å². The normalized spacial score (nSPS) is 9.85. The van der Waals surface area contributed by atoms with Gasteiger partial charge in [0.25, 0.3) is 0 Å². The van der Waals surface area contributed by atoms with E-state index in [0.717, 1.165) is 0 Å². The molecule has 2 aromatic rings. The van der Waals surface area contributed by atoms with E-state index in [2.05, 4.69) is 64.8 Å². The molecular weight excluding hydrogens is 171 g/mol. The number of rotatable bonds is 1. The van der Waals surface area contributed by atoms with E-state index in [1.54, 1.807) is 0 Å². The predicted molar refractivity (Wildman–Crippen MR) is 57.3 cm³/mol. The molecule has 0 aliphatic rings. The van der Waals surface area contributed by atoms with Crippen LogP contribution in [0, 0.1) is 0 Å². The van der Waals surface area contributed by atoms with Crippen molar-refractivity contribution in [2.45, 2.75) is 0 Å². The molecule has 0 saturated heterocycles. The van der Waals surface area contributed by atoms with Crippen LogP contribution in [0.3, 0.4) is 0 Å². The van der Waals surface area contributed by atoms with Crippen LogP contribution in [-0.2, 0) is 0 Å². The monoisotopic (exact) mass is 180 g/mol. The lowest BCUT2D eigenvalue weighted by atomic mass is 10.1. The van der Waals surface area contributed by atoms with Crippen LogP contribution in [0.1, 0.15) is 0 Å². The highest BCUT2D eigenvalue weighted by molar-refractivity contribution is 6.32. The molecule has 0 bridgehead atoms. The first-order valence-electron chi connectivity index (χ1n) is 4.27. The summed E-state index contributed by atoms with van der Waals surface area (Å²) in [6.07, 6.45) is 0. The van der Waals surface area contributed by atoms with Crippen LogP contribution >= 0.6 is 0 Å². The molecule has 2 radical (unpaired) electrons. The van der Waals surface area contributed by atoms with Crippen LogP contribution in [0.25, 0.3) is 11.1 Å². The van der Waals surface area contributed by atoms with Crippen molar-refractivity contribution in [2.24, 2.45) is 0 Å². The highest BCUT2D eigenvalue weighted by atomic mass is 27.0. The molecule has 13 heavy (non-hydrogen) atoms. The Hall–Kier alpha value is -1.03. The van der Waals surface area contributed by atoms with Crippen molar-refractivity contribution >= 4 is 20.7 Å². The lowest BCUT2D eigenvalue weighted by molar-refractivity contribution is 1.64. The van der Waals surface area contributed by atoms with Gasteiger partial charge < -0.3 is 0 Å². The van der Waals surface area contributed by atoms with Crippen LogP contribution in [-0.4, -0.2) is 16.3 Å². The molecule has 60 valence electrons. The largest absolute Gasteiger partial charge is 0.175 e. The highest BCUT2D eigenvalue weighted by Crippen LogP contribution is 2.16. The Kier molecular flexibility index (Phi) is 2.50. The lowest BCUT2D eigenvalue weighted by Crippen LogP contribution is -1.98. The molecule has 1 heteroatoms. The van der Waals surface area contributed by atoms with E-state index in [9.17, 15) is 0 Å². The summed E-state index contributed by atoms with van der Waals surface area (Å²) in [4.78, 5) is 0. The van der Waals surface area contributed by atoms with Crippen molar-refractivity contribution < 1.29 is 0 Å². The summed E-state index contributed by atoms with van der Waals surface area (Å²) in [5, 5.41) is 0. The molecule has 0 aromatic heterocycles. The van der Waals surface area contributed by atoms with Gasteiger partial charge in [0.1, 0.15) is 0 Å². The first-order valence-corrected chi connectivity index (χ1v) is 4.85. The molecule has 0 saturated carbocycles. The summed E-state index contributed by atoms with van der Waals surface area (Å²) in [7, 11) is 0. The summed E-state index contributed by atoms with van der Waals surface area (Å²) in [5.41, 5.74) is 2.54. The molecule has 0 nitrogen and oxygen atoms in total. The second-order valence-electron chi connectivity index (χ2n) is 2.99. The van der Waals surface area contributed by atoms with Crippen LogP contribution in [0.5, 0.6) is 0 Å². The van der Waals surface area contributed by atoms with Gasteiger partial charge >= 0.3 is 0 Å². The van der Waals surface area contributed by atoms with Gasteiger partial charge in [-0.2, -0.15) is 0 Å². The van der Waals surface area contributed by atoms with Gasteiger partial charge in [-0.1, -0.05) is 54.6 Å². The third kappa shape index (κ3) is 2.01. The van der Waals surface area contributed by atoms with E-state index < -0.39 is 0 Å². The van der Waals surface area contributed by atoms with E-state index in [1.807, 2.05) is 6.07 Å². The quantitative estimate of drug-likeness (QED) is 0.590.